The van der Waals surface area contributed by atoms with Gasteiger partial charge in [-0.15, -0.1) is 5.10 Å². The van der Waals surface area contributed by atoms with Gasteiger partial charge >= 0.3 is 0 Å². The Balaban J connectivity index is 1.64. The average Bonchev–Trinajstić information content (AvgIpc) is 3.30. The highest BCUT2D eigenvalue weighted by Gasteiger charge is 2.20. The zero-order chi connectivity index (χ0) is 17.8. The fraction of sp³-hybridized carbons (Fsp3) is 0.400. The summed E-state index contributed by atoms with van der Waals surface area (Å²) >= 11 is 1.29. The van der Waals surface area contributed by atoms with Crippen LogP contribution < -0.4 is 5.32 Å². The highest BCUT2D eigenvalue weighted by molar-refractivity contribution is 8.00. The summed E-state index contributed by atoms with van der Waals surface area (Å²) in [6.07, 6.45) is 3.26. The molecule has 25 heavy (non-hydrogen) atoms. The topological polar surface area (TPSA) is 104 Å². The highest BCUT2D eigenvalue weighted by atomic mass is 32.2. The Kier molecular flexibility index (Phi) is 5.17. The van der Waals surface area contributed by atoms with E-state index in [1.165, 1.54) is 11.8 Å². The van der Waals surface area contributed by atoms with Crippen molar-refractivity contribution in [3.05, 3.63) is 36.4 Å². The second kappa shape index (κ2) is 7.51. The monoisotopic (exact) mass is 361 g/mol. The predicted molar refractivity (Wildman–Crippen MR) is 92.2 cm³/mol. The van der Waals surface area contributed by atoms with Crippen LogP contribution in [0.25, 0.3) is 0 Å². The van der Waals surface area contributed by atoms with Crippen molar-refractivity contribution >= 4 is 23.5 Å². The maximum absolute atomic E-state index is 12.5. The van der Waals surface area contributed by atoms with Crippen LogP contribution in [0.1, 0.15) is 32.6 Å². The molecule has 0 aliphatic carbocycles. The number of hydrogen-bond donors (Lipinski definition) is 1. The second-order valence-electron chi connectivity index (χ2n) is 5.70. The number of rotatable bonds is 7. The number of furan rings is 1. The summed E-state index contributed by atoms with van der Waals surface area (Å²) < 4.78 is 8.67. The van der Waals surface area contributed by atoms with Crippen LogP contribution in [0.15, 0.2) is 40.2 Å². The predicted octanol–water partition coefficient (Wildman–Crippen LogP) is 2.21. The first kappa shape index (κ1) is 17.2. The quantitative estimate of drug-likeness (QED) is 0.643. The SMILES string of the molecule is CC(Sc1nnnn1Cc1ccco1)C(=O)Nc1ccnn1C(C)C. The van der Waals surface area contributed by atoms with Gasteiger partial charge in [0.25, 0.3) is 0 Å². The Morgan fingerprint density at radius 3 is 2.92 bits per heavy atom. The minimum atomic E-state index is -0.378. The summed E-state index contributed by atoms with van der Waals surface area (Å²) in [5.41, 5.74) is 0. The molecule has 0 saturated heterocycles. The molecule has 3 aromatic rings. The average molecular weight is 361 g/mol. The molecule has 0 radical (unpaired) electrons. The van der Waals surface area contributed by atoms with E-state index in [4.69, 9.17) is 4.42 Å². The standard InChI is InChI=1S/C15H19N7O2S/c1-10(2)22-13(6-7-16-22)17-14(23)11(3)25-15-18-19-20-21(15)9-12-5-4-8-24-12/h4-8,10-11H,9H2,1-3H3,(H,17,23). The van der Waals surface area contributed by atoms with Gasteiger partial charge in [-0.2, -0.15) is 5.10 Å². The molecule has 0 bridgehead atoms. The third-order valence-corrected chi connectivity index (χ3v) is 4.52. The van der Waals surface area contributed by atoms with Crippen LogP contribution in [0, 0.1) is 0 Å². The van der Waals surface area contributed by atoms with Crippen LogP contribution in [0.5, 0.6) is 0 Å². The second-order valence-corrected chi connectivity index (χ2v) is 7.01. The van der Waals surface area contributed by atoms with E-state index in [0.29, 0.717) is 17.5 Å². The van der Waals surface area contributed by atoms with Crippen LogP contribution in [0.4, 0.5) is 5.82 Å². The number of anilines is 1. The van der Waals surface area contributed by atoms with Gasteiger partial charge in [0.05, 0.1) is 17.7 Å². The van der Waals surface area contributed by atoms with Gasteiger partial charge in [0.15, 0.2) is 0 Å². The number of nitrogens with one attached hydrogen (secondary N) is 1. The maximum atomic E-state index is 12.5. The van der Waals surface area contributed by atoms with E-state index in [1.807, 2.05) is 26.8 Å². The van der Waals surface area contributed by atoms with E-state index < -0.39 is 0 Å². The van der Waals surface area contributed by atoms with Crippen molar-refractivity contribution in [3.8, 4) is 0 Å². The summed E-state index contributed by atoms with van der Waals surface area (Å²) in [6.45, 7) is 6.23. The third kappa shape index (κ3) is 4.08. The summed E-state index contributed by atoms with van der Waals surface area (Å²) in [6, 6.07) is 5.59. The normalized spacial score (nSPS) is 12.5. The minimum absolute atomic E-state index is 0.139. The molecule has 0 saturated carbocycles. The van der Waals surface area contributed by atoms with E-state index in [1.54, 1.807) is 34.0 Å². The van der Waals surface area contributed by atoms with Crippen LogP contribution in [0.3, 0.4) is 0 Å². The highest BCUT2D eigenvalue weighted by Crippen LogP contribution is 2.23. The fourth-order valence-corrected chi connectivity index (χ4v) is 2.98. The lowest BCUT2D eigenvalue weighted by atomic mass is 10.4. The summed E-state index contributed by atoms with van der Waals surface area (Å²) in [7, 11) is 0. The van der Waals surface area contributed by atoms with Crippen molar-refractivity contribution in [1.82, 2.24) is 30.0 Å². The molecule has 0 spiro atoms. The number of carbonyl (C=O) groups excluding carboxylic acids is 1. The van der Waals surface area contributed by atoms with Gasteiger partial charge in [0.1, 0.15) is 18.1 Å². The van der Waals surface area contributed by atoms with Gasteiger partial charge in [-0.25, -0.2) is 9.36 Å². The van der Waals surface area contributed by atoms with Crippen molar-refractivity contribution in [2.75, 3.05) is 5.32 Å². The molecule has 0 aliphatic heterocycles. The zero-order valence-corrected chi connectivity index (χ0v) is 15.0. The lowest BCUT2D eigenvalue weighted by Gasteiger charge is -2.14. The molecule has 3 rings (SSSR count). The Hall–Kier alpha value is -2.62. The number of amides is 1. The first-order chi connectivity index (χ1) is 12.0. The van der Waals surface area contributed by atoms with E-state index in [9.17, 15) is 4.79 Å². The van der Waals surface area contributed by atoms with Crippen LogP contribution in [-0.4, -0.2) is 41.1 Å². The van der Waals surface area contributed by atoms with E-state index in [0.717, 1.165) is 5.76 Å². The molecule has 1 atom stereocenters. The van der Waals surface area contributed by atoms with Gasteiger partial charge < -0.3 is 9.73 Å². The molecule has 1 N–H and O–H groups in total. The molecule has 0 aromatic carbocycles. The molecular weight excluding hydrogens is 342 g/mol. The van der Waals surface area contributed by atoms with Gasteiger partial charge in [0.2, 0.25) is 11.1 Å². The Bertz CT molecular complexity index is 825. The van der Waals surface area contributed by atoms with E-state index in [-0.39, 0.29) is 17.2 Å². The van der Waals surface area contributed by atoms with Gasteiger partial charge in [-0.05, 0) is 43.3 Å². The first-order valence-corrected chi connectivity index (χ1v) is 8.72. The number of aromatic nitrogens is 6. The summed E-state index contributed by atoms with van der Waals surface area (Å²) in [5.74, 6) is 1.27. The number of nitrogens with zero attached hydrogens (tertiary/aromatic N) is 6. The Morgan fingerprint density at radius 2 is 2.20 bits per heavy atom. The summed E-state index contributed by atoms with van der Waals surface area (Å²) in [5, 5.41) is 18.9. The van der Waals surface area contributed by atoms with Crippen LogP contribution in [-0.2, 0) is 11.3 Å². The molecule has 132 valence electrons. The number of hydrogen-bond acceptors (Lipinski definition) is 7. The van der Waals surface area contributed by atoms with Crippen molar-refractivity contribution in [3.63, 3.8) is 0 Å². The Morgan fingerprint density at radius 1 is 1.36 bits per heavy atom. The van der Waals surface area contributed by atoms with Gasteiger partial charge in [-0.1, -0.05) is 11.8 Å². The minimum Gasteiger partial charge on any atom is -0.467 e. The smallest absolute Gasteiger partial charge is 0.238 e. The van der Waals surface area contributed by atoms with Crippen molar-refractivity contribution in [2.45, 2.75) is 43.8 Å². The molecule has 0 fully saturated rings. The van der Waals surface area contributed by atoms with Crippen molar-refractivity contribution in [1.29, 1.82) is 0 Å². The molecular formula is C15H19N7O2S. The maximum Gasteiger partial charge on any atom is 0.238 e. The first-order valence-electron chi connectivity index (χ1n) is 7.84. The zero-order valence-electron chi connectivity index (χ0n) is 14.2. The number of thioether (sulfide) groups is 1. The largest absolute Gasteiger partial charge is 0.467 e. The Labute approximate surface area is 148 Å². The molecule has 10 heteroatoms. The third-order valence-electron chi connectivity index (χ3n) is 3.45. The molecule has 3 heterocycles. The van der Waals surface area contributed by atoms with Crippen LogP contribution >= 0.6 is 11.8 Å². The molecule has 1 amide bonds. The lowest BCUT2D eigenvalue weighted by molar-refractivity contribution is -0.115. The van der Waals surface area contributed by atoms with Crippen LogP contribution in [0.2, 0.25) is 0 Å². The van der Waals surface area contributed by atoms with Crippen molar-refractivity contribution in [2.24, 2.45) is 0 Å². The number of tetrazole rings is 1. The lowest BCUT2D eigenvalue weighted by Crippen LogP contribution is -2.25. The van der Waals surface area contributed by atoms with Gasteiger partial charge in [-0.3, -0.25) is 4.79 Å². The van der Waals surface area contributed by atoms with Gasteiger partial charge in [0, 0.05) is 12.1 Å². The van der Waals surface area contributed by atoms with Crippen molar-refractivity contribution < 1.29 is 9.21 Å². The molecule has 0 aliphatic rings. The molecule has 1 unspecified atom stereocenters. The number of carbonyl (C=O) groups is 1. The fourth-order valence-electron chi connectivity index (χ4n) is 2.19. The summed E-state index contributed by atoms with van der Waals surface area (Å²) in [4.78, 5) is 12.5. The molecule has 9 nitrogen and oxygen atoms in total. The van der Waals surface area contributed by atoms with E-state index >= 15 is 0 Å². The van der Waals surface area contributed by atoms with E-state index in [2.05, 4.69) is 25.9 Å². The molecule has 3 aromatic heterocycles.